The van der Waals surface area contributed by atoms with Gasteiger partial charge < -0.3 is 0 Å². The van der Waals surface area contributed by atoms with Crippen molar-refractivity contribution in [2.24, 2.45) is 17.8 Å². The molecule has 88 valence electrons. The summed E-state index contributed by atoms with van der Waals surface area (Å²) in [6, 6.07) is 0. The molecule has 0 heterocycles. The van der Waals surface area contributed by atoms with Crippen LogP contribution in [0.3, 0.4) is 0 Å². The minimum atomic E-state index is 0.385. The first kappa shape index (κ1) is 14.4. The molecule has 15 heavy (non-hydrogen) atoms. The molecule has 1 nitrogen and oxygen atoms in total. The lowest BCUT2D eigenvalue weighted by Gasteiger charge is -2.16. The van der Waals surface area contributed by atoms with E-state index in [-0.39, 0.29) is 0 Å². The van der Waals surface area contributed by atoms with Crippen LogP contribution < -0.4 is 0 Å². The molecule has 0 aliphatic heterocycles. The SMILES string of the molecule is CCCC(C)CC=C(C=O)C(C)C(C)C. The highest BCUT2D eigenvalue weighted by Crippen LogP contribution is 2.20. The van der Waals surface area contributed by atoms with Gasteiger partial charge in [0.05, 0.1) is 0 Å². The normalized spacial score (nSPS) is 16.5. The highest BCUT2D eigenvalue weighted by atomic mass is 16.1. The summed E-state index contributed by atoms with van der Waals surface area (Å²) < 4.78 is 0. The van der Waals surface area contributed by atoms with Crippen LogP contribution in [0, 0.1) is 17.8 Å². The molecule has 0 aliphatic rings. The quantitative estimate of drug-likeness (QED) is 0.454. The Morgan fingerprint density at radius 2 is 1.80 bits per heavy atom. The average molecular weight is 210 g/mol. The molecular formula is C14H26O. The first-order valence-corrected chi connectivity index (χ1v) is 6.18. The number of carbonyl (C=O) groups excluding carboxylic acids is 1. The molecule has 0 radical (unpaired) electrons. The zero-order chi connectivity index (χ0) is 11.8. The van der Waals surface area contributed by atoms with E-state index in [2.05, 4.69) is 40.7 Å². The highest BCUT2D eigenvalue weighted by Gasteiger charge is 2.12. The molecule has 2 unspecified atom stereocenters. The number of allylic oxidation sites excluding steroid dienone is 2. The molecule has 0 N–H and O–H groups in total. The molecular weight excluding hydrogens is 184 g/mol. The van der Waals surface area contributed by atoms with Crippen molar-refractivity contribution in [3.8, 4) is 0 Å². The van der Waals surface area contributed by atoms with Crippen LogP contribution in [0.15, 0.2) is 11.6 Å². The maximum Gasteiger partial charge on any atom is 0.145 e. The van der Waals surface area contributed by atoms with Crippen molar-refractivity contribution in [2.45, 2.75) is 53.9 Å². The van der Waals surface area contributed by atoms with E-state index in [4.69, 9.17) is 0 Å². The molecule has 2 atom stereocenters. The second-order valence-corrected chi connectivity index (χ2v) is 4.98. The third kappa shape index (κ3) is 5.76. The lowest BCUT2D eigenvalue weighted by Crippen LogP contribution is -2.09. The summed E-state index contributed by atoms with van der Waals surface area (Å²) >= 11 is 0. The molecule has 0 aromatic rings. The van der Waals surface area contributed by atoms with Crippen LogP contribution >= 0.6 is 0 Å². The van der Waals surface area contributed by atoms with Gasteiger partial charge in [-0.05, 0) is 29.7 Å². The summed E-state index contributed by atoms with van der Waals surface area (Å²) in [6.45, 7) is 10.9. The Labute approximate surface area is 95.0 Å². The monoisotopic (exact) mass is 210 g/mol. The highest BCUT2D eigenvalue weighted by molar-refractivity contribution is 5.73. The van der Waals surface area contributed by atoms with Gasteiger partial charge in [0.2, 0.25) is 0 Å². The Bertz CT molecular complexity index is 203. The van der Waals surface area contributed by atoms with E-state index in [0.29, 0.717) is 17.8 Å². The van der Waals surface area contributed by atoms with E-state index >= 15 is 0 Å². The Morgan fingerprint density at radius 3 is 2.20 bits per heavy atom. The minimum Gasteiger partial charge on any atom is -0.298 e. The Hall–Kier alpha value is -0.590. The molecule has 0 aliphatic carbocycles. The van der Waals surface area contributed by atoms with Crippen LogP contribution in [0.25, 0.3) is 0 Å². The van der Waals surface area contributed by atoms with E-state index in [9.17, 15) is 4.79 Å². The average Bonchev–Trinajstić information content (AvgIpc) is 2.18. The van der Waals surface area contributed by atoms with Gasteiger partial charge in [-0.15, -0.1) is 0 Å². The van der Waals surface area contributed by atoms with Crippen molar-refractivity contribution in [3.05, 3.63) is 11.6 Å². The zero-order valence-electron chi connectivity index (χ0n) is 10.9. The fraction of sp³-hybridized carbons (Fsp3) is 0.786. The van der Waals surface area contributed by atoms with Gasteiger partial charge in [-0.3, -0.25) is 4.79 Å². The number of aldehydes is 1. The maximum absolute atomic E-state index is 11.0. The van der Waals surface area contributed by atoms with Gasteiger partial charge in [-0.2, -0.15) is 0 Å². The van der Waals surface area contributed by atoms with E-state index in [1.807, 2.05) is 0 Å². The first-order valence-electron chi connectivity index (χ1n) is 6.18. The van der Waals surface area contributed by atoms with Gasteiger partial charge in [-0.25, -0.2) is 0 Å². The number of carbonyl (C=O) groups is 1. The topological polar surface area (TPSA) is 17.1 Å². The van der Waals surface area contributed by atoms with Crippen molar-refractivity contribution in [3.63, 3.8) is 0 Å². The summed E-state index contributed by atoms with van der Waals surface area (Å²) in [7, 11) is 0. The van der Waals surface area contributed by atoms with Crippen LogP contribution in [-0.2, 0) is 4.79 Å². The smallest absolute Gasteiger partial charge is 0.145 e. The van der Waals surface area contributed by atoms with Crippen molar-refractivity contribution in [1.29, 1.82) is 0 Å². The van der Waals surface area contributed by atoms with Crippen LogP contribution in [0.2, 0.25) is 0 Å². The van der Waals surface area contributed by atoms with Gasteiger partial charge in [0.15, 0.2) is 0 Å². The van der Waals surface area contributed by atoms with Crippen LogP contribution in [0.1, 0.15) is 53.9 Å². The Kier molecular flexibility index (Phi) is 7.37. The molecule has 0 aromatic heterocycles. The fourth-order valence-corrected chi connectivity index (χ4v) is 1.67. The van der Waals surface area contributed by atoms with Crippen molar-refractivity contribution < 1.29 is 4.79 Å². The van der Waals surface area contributed by atoms with Gasteiger partial charge in [0.25, 0.3) is 0 Å². The predicted molar refractivity (Wildman–Crippen MR) is 66.8 cm³/mol. The van der Waals surface area contributed by atoms with E-state index in [1.165, 1.54) is 12.8 Å². The largest absolute Gasteiger partial charge is 0.298 e. The first-order chi connectivity index (χ1) is 7.02. The Morgan fingerprint density at radius 1 is 1.20 bits per heavy atom. The van der Waals surface area contributed by atoms with Crippen molar-refractivity contribution >= 4 is 6.29 Å². The van der Waals surface area contributed by atoms with E-state index < -0.39 is 0 Å². The molecule has 0 saturated heterocycles. The molecule has 0 spiro atoms. The number of hydrogen-bond acceptors (Lipinski definition) is 1. The second-order valence-electron chi connectivity index (χ2n) is 4.98. The molecule has 0 amide bonds. The number of hydrogen-bond donors (Lipinski definition) is 0. The second kappa shape index (κ2) is 7.67. The van der Waals surface area contributed by atoms with E-state index in [1.54, 1.807) is 0 Å². The van der Waals surface area contributed by atoms with Crippen LogP contribution in [-0.4, -0.2) is 6.29 Å². The van der Waals surface area contributed by atoms with E-state index in [0.717, 1.165) is 18.3 Å². The zero-order valence-corrected chi connectivity index (χ0v) is 10.9. The summed E-state index contributed by atoms with van der Waals surface area (Å²) in [5, 5.41) is 0. The summed E-state index contributed by atoms with van der Waals surface area (Å²) in [6.07, 6.45) is 6.68. The van der Waals surface area contributed by atoms with Gasteiger partial charge in [-0.1, -0.05) is 53.5 Å². The molecule has 0 rings (SSSR count). The summed E-state index contributed by atoms with van der Waals surface area (Å²) in [5.41, 5.74) is 0.980. The van der Waals surface area contributed by atoms with Crippen LogP contribution in [0.4, 0.5) is 0 Å². The van der Waals surface area contributed by atoms with Crippen molar-refractivity contribution in [2.75, 3.05) is 0 Å². The van der Waals surface area contributed by atoms with Gasteiger partial charge >= 0.3 is 0 Å². The molecule has 0 bridgehead atoms. The standard InChI is InChI=1S/C14H26O/c1-6-7-12(4)8-9-14(10-15)13(5)11(2)3/h9-13H,6-8H2,1-5H3. The predicted octanol–water partition coefficient (Wildman–Crippen LogP) is 4.23. The minimum absolute atomic E-state index is 0.385. The lowest BCUT2D eigenvalue weighted by molar-refractivity contribution is -0.105. The van der Waals surface area contributed by atoms with Crippen LogP contribution in [0.5, 0.6) is 0 Å². The molecule has 1 heteroatoms. The Balaban J connectivity index is 4.27. The van der Waals surface area contributed by atoms with Crippen molar-refractivity contribution in [1.82, 2.24) is 0 Å². The number of rotatable bonds is 7. The fourth-order valence-electron chi connectivity index (χ4n) is 1.67. The molecule has 0 aromatic carbocycles. The van der Waals surface area contributed by atoms with Gasteiger partial charge in [0.1, 0.15) is 6.29 Å². The summed E-state index contributed by atoms with van der Waals surface area (Å²) in [4.78, 5) is 11.0. The maximum atomic E-state index is 11.0. The third-order valence-electron chi connectivity index (χ3n) is 3.20. The lowest BCUT2D eigenvalue weighted by atomic mass is 9.89. The molecule has 0 saturated carbocycles. The summed E-state index contributed by atoms with van der Waals surface area (Å²) in [5.74, 6) is 1.63. The molecule has 0 fully saturated rings. The third-order valence-corrected chi connectivity index (χ3v) is 3.20. The van der Waals surface area contributed by atoms with Gasteiger partial charge in [0, 0.05) is 0 Å².